The summed E-state index contributed by atoms with van der Waals surface area (Å²) in [6.45, 7) is 5.78. The summed E-state index contributed by atoms with van der Waals surface area (Å²) in [4.78, 5) is 2.60. The maximum Gasteiger partial charge on any atom is 0.119 e. The minimum atomic E-state index is 0.827. The van der Waals surface area contributed by atoms with E-state index in [-0.39, 0.29) is 0 Å². The monoisotopic (exact) mass is 288 g/mol. The first-order valence-corrected chi connectivity index (χ1v) is 8.54. The average Bonchev–Trinajstić information content (AvgIpc) is 3.36. The lowest BCUT2D eigenvalue weighted by atomic mass is 9.96. The quantitative estimate of drug-likeness (QED) is 0.744. The minimum Gasteiger partial charge on any atom is -0.494 e. The molecule has 1 aromatic carbocycles. The number of piperidine rings is 1. The lowest BCUT2D eigenvalue weighted by molar-refractivity contribution is 0.169. The molecule has 116 valence electrons. The molecule has 3 rings (SSSR count). The first-order valence-electron chi connectivity index (χ1n) is 8.54. The van der Waals surface area contributed by atoms with Crippen molar-refractivity contribution in [2.75, 3.05) is 32.8 Å². The lowest BCUT2D eigenvalue weighted by Gasteiger charge is -2.32. The number of nitrogens with zero attached hydrogens (tertiary/aromatic N) is 1. The summed E-state index contributed by atoms with van der Waals surface area (Å²) in [7, 11) is 0. The van der Waals surface area contributed by atoms with E-state index in [1.54, 1.807) is 0 Å². The Morgan fingerprint density at radius 2 is 1.81 bits per heavy atom. The molecule has 1 aliphatic heterocycles. The van der Waals surface area contributed by atoms with Gasteiger partial charge >= 0.3 is 0 Å². The molecule has 1 aromatic rings. The Hall–Kier alpha value is -1.06. The summed E-state index contributed by atoms with van der Waals surface area (Å²) >= 11 is 0. The summed E-state index contributed by atoms with van der Waals surface area (Å²) in [6, 6.07) is 11.0. The van der Waals surface area contributed by atoms with Crippen LogP contribution >= 0.6 is 0 Å². The van der Waals surface area contributed by atoms with E-state index in [4.69, 9.17) is 4.74 Å². The van der Waals surface area contributed by atoms with Gasteiger partial charge in [-0.1, -0.05) is 18.2 Å². The number of nitrogens with one attached hydrogen (secondary N) is 1. The van der Waals surface area contributed by atoms with Crippen molar-refractivity contribution in [1.29, 1.82) is 0 Å². The van der Waals surface area contributed by atoms with Gasteiger partial charge in [0.1, 0.15) is 5.75 Å². The fourth-order valence-electron chi connectivity index (χ4n) is 3.03. The zero-order valence-corrected chi connectivity index (χ0v) is 13.0. The molecule has 1 saturated heterocycles. The zero-order valence-electron chi connectivity index (χ0n) is 13.0. The molecule has 1 N–H and O–H groups in total. The van der Waals surface area contributed by atoms with Crippen LogP contribution in [0.3, 0.4) is 0 Å². The number of likely N-dealkylation sites (tertiary alicyclic amines) is 1. The number of para-hydroxylation sites is 1. The summed E-state index contributed by atoms with van der Waals surface area (Å²) < 4.78 is 5.75. The van der Waals surface area contributed by atoms with Crippen molar-refractivity contribution in [1.82, 2.24) is 10.2 Å². The van der Waals surface area contributed by atoms with Crippen LogP contribution in [0.15, 0.2) is 30.3 Å². The minimum absolute atomic E-state index is 0.827. The van der Waals surface area contributed by atoms with Crippen LogP contribution in [0.2, 0.25) is 0 Å². The van der Waals surface area contributed by atoms with Crippen molar-refractivity contribution in [3.8, 4) is 5.75 Å². The molecule has 3 nitrogen and oxygen atoms in total. The van der Waals surface area contributed by atoms with E-state index in [0.717, 1.165) is 30.7 Å². The standard InChI is InChI=1S/C18H28N2O/c1-2-5-18(6-3-1)21-14-4-11-20-12-9-16(10-13-20)15-19-17-7-8-17/h1-3,5-6,16-17,19H,4,7-15H2. The van der Waals surface area contributed by atoms with Crippen molar-refractivity contribution in [3.05, 3.63) is 30.3 Å². The van der Waals surface area contributed by atoms with Gasteiger partial charge in [-0.05, 0) is 69.8 Å². The molecule has 0 atom stereocenters. The van der Waals surface area contributed by atoms with E-state index < -0.39 is 0 Å². The summed E-state index contributed by atoms with van der Waals surface area (Å²) in [5.74, 6) is 1.89. The van der Waals surface area contributed by atoms with Crippen molar-refractivity contribution in [3.63, 3.8) is 0 Å². The van der Waals surface area contributed by atoms with Crippen LogP contribution in [0.25, 0.3) is 0 Å². The van der Waals surface area contributed by atoms with Crippen LogP contribution in [0, 0.1) is 5.92 Å². The van der Waals surface area contributed by atoms with Gasteiger partial charge in [-0.15, -0.1) is 0 Å². The topological polar surface area (TPSA) is 24.5 Å². The Morgan fingerprint density at radius 1 is 1.05 bits per heavy atom. The van der Waals surface area contributed by atoms with Crippen molar-refractivity contribution < 1.29 is 4.74 Å². The van der Waals surface area contributed by atoms with Gasteiger partial charge in [0.2, 0.25) is 0 Å². The number of ether oxygens (including phenoxy) is 1. The van der Waals surface area contributed by atoms with Crippen LogP contribution in [-0.4, -0.2) is 43.7 Å². The highest BCUT2D eigenvalue weighted by Gasteiger charge is 2.24. The third kappa shape index (κ3) is 5.33. The molecule has 0 radical (unpaired) electrons. The summed E-state index contributed by atoms with van der Waals surface area (Å²) in [5.41, 5.74) is 0. The second-order valence-electron chi connectivity index (χ2n) is 6.48. The van der Waals surface area contributed by atoms with Crippen molar-refractivity contribution in [2.24, 2.45) is 5.92 Å². The molecule has 1 aliphatic carbocycles. The third-order valence-electron chi connectivity index (χ3n) is 4.61. The van der Waals surface area contributed by atoms with Crippen LogP contribution < -0.4 is 10.1 Å². The van der Waals surface area contributed by atoms with Crippen molar-refractivity contribution in [2.45, 2.75) is 38.1 Å². The largest absolute Gasteiger partial charge is 0.494 e. The van der Waals surface area contributed by atoms with E-state index in [2.05, 4.69) is 10.2 Å². The van der Waals surface area contributed by atoms with Gasteiger partial charge in [0.05, 0.1) is 6.61 Å². The first-order chi connectivity index (χ1) is 10.4. The van der Waals surface area contributed by atoms with Crippen LogP contribution in [0.5, 0.6) is 5.75 Å². The molecule has 2 aliphatic rings. The fraction of sp³-hybridized carbons (Fsp3) is 0.667. The number of benzene rings is 1. The second-order valence-corrected chi connectivity index (χ2v) is 6.48. The molecule has 0 aromatic heterocycles. The SMILES string of the molecule is c1ccc(OCCCN2CCC(CNC3CC3)CC2)cc1. The van der Waals surface area contributed by atoms with E-state index in [0.29, 0.717) is 0 Å². The molecular weight excluding hydrogens is 260 g/mol. The Balaban J connectivity index is 1.23. The maximum absolute atomic E-state index is 5.75. The molecular formula is C18H28N2O. The van der Waals surface area contributed by atoms with Gasteiger partial charge in [-0.25, -0.2) is 0 Å². The number of hydrogen-bond donors (Lipinski definition) is 1. The van der Waals surface area contributed by atoms with E-state index in [9.17, 15) is 0 Å². The van der Waals surface area contributed by atoms with Gasteiger partial charge in [0.15, 0.2) is 0 Å². The predicted octanol–water partition coefficient (Wildman–Crippen LogP) is 2.92. The highest BCUT2D eigenvalue weighted by atomic mass is 16.5. The highest BCUT2D eigenvalue weighted by molar-refractivity contribution is 5.20. The van der Waals surface area contributed by atoms with Gasteiger partial charge in [-0.2, -0.15) is 0 Å². The number of rotatable bonds is 8. The molecule has 3 heteroatoms. The maximum atomic E-state index is 5.75. The summed E-state index contributed by atoms with van der Waals surface area (Å²) in [6.07, 6.45) is 6.65. The highest BCUT2D eigenvalue weighted by Crippen LogP contribution is 2.21. The van der Waals surface area contributed by atoms with Gasteiger partial charge in [-0.3, -0.25) is 0 Å². The molecule has 0 bridgehead atoms. The van der Waals surface area contributed by atoms with Crippen molar-refractivity contribution >= 4 is 0 Å². The van der Waals surface area contributed by atoms with Crippen LogP contribution in [0.1, 0.15) is 32.1 Å². The number of hydrogen-bond acceptors (Lipinski definition) is 3. The Bertz CT molecular complexity index is 397. The van der Waals surface area contributed by atoms with Gasteiger partial charge in [0, 0.05) is 12.6 Å². The molecule has 1 heterocycles. The van der Waals surface area contributed by atoms with Crippen LogP contribution in [-0.2, 0) is 0 Å². The molecule has 0 unspecified atom stereocenters. The van der Waals surface area contributed by atoms with Gasteiger partial charge in [0.25, 0.3) is 0 Å². The molecule has 0 amide bonds. The average molecular weight is 288 g/mol. The predicted molar refractivity (Wildman–Crippen MR) is 86.7 cm³/mol. The normalized spacial score (nSPS) is 20.6. The van der Waals surface area contributed by atoms with Gasteiger partial charge < -0.3 is 15.0 Å². The lowest BCUT2D eigenvalue weighted by Crippen LogP contribution is -2.38. The van der Waals surface area contributed by atoms with E-state index >= 15 is 0 Å². The molecule has 0 spiro atoms. The third-order valence-corrected chi connectivity index (χ3v) is 4.61. The fourth-order valence-corrected chi connectivity index (χ4v) is 3.03. The molecule has 2 fully saturated rings. The molecule has 1 saturated carbocycles. The van der Waals surface area contributed by atoms with E-state index in [1.807, 2.05) is 30.3 Å². The zero-order chi connectivity index (χ0) is 14.3. The summed E-state index contributed by atoms with van der Waals surface area (Å²) in [5, 5.41) is 3.67. The van der Waals surface area contributed by atoms with Crippen LogP contribution in [0.4, 0.5) is 0 Å². The smallest absolute Gasteiger partial charge is 0.119 e. The first kappa shape index (κ1) is 14.9. The second kappa shape index (κ2) is 7.81. The molecule has 21 heavy (non-hydrogen) atoms. The van der Waals surface area contributed by atoms with E-state index in [1.165, 1.54) is 51.9 Å². The Labute approximate surface area is 128 Å². The Kier molecular flexibility index (Phi) is 5.53. The Morgan fingerprint density at radius 3 is 2.52 bits per heavy atom.